The van der Waals surface area contributed by atoms with Gasteiger partial charge in [-0.25, -0.2) is 4.79 Å². The van der Waals surface area contributed by atoms with Gasteiger partial charge in [0.25, 0.3) is 0 Å². The molecule has 236 valence electrons. The van der Waals surface area contributed by atoms with Gasteiger partial charge in [0, 0.05) is 45.3 Å². The number of ether oxygens (including phenoxy) is 1. The number of anilines is 1. The van der Waals surface area contributed by atoms with Gasteiger partial charge in [0.05, 0.1) is 18.8 Å². The molecule has 4 aromatic rings. The molecular weight excluding hydrogens is 596 g/mol. The highest BCUT2D eigenvalue weighted by Crippen LogP contribution is 2.29. The smallest absolute Gasteiger partial charge is 0.365 e. The van der Waals surface area contributed by atoms with Crippen LogP contribution in [0.4, 0.5) is 5.69 Å². The van der Waals surface area contributed by atoms with Crippen molar-refractivity contribution in [1.82, 2.24) is 0 Å². The lowest BCUT2D eigenvalue weighted by Gasteiger charge is -2.28. The van der Waals surface area contributed by atoms with Crippen molar-refractivity contribution in [2.75, 3.05) is 31.2 Å². The van der Waals surface area contributed by atoms with E-state index < -0.39 is 5.97 Å². The second-order valence-corrected chi connectivity index (χ2v) is 12.2. The molecule has 0 unspecified atom stereocenters. The topological polar surface area (TPSA) is 85.3 Å². The molecule has 1 aliphatic heterocycles. The molecular formula is C38H38N2O5S. The SMILES string of the molecule is CCCCCCC(=NOC(=O)c1ccccc1)C(=O)c1ccc(Sc2ccc(C(=O)c3ccc(N4CCOCC4)cc3)cc2)cc1. The standard InChI is InChI=1S/C38H38N2O5S/c1-2-3-4-8-11-35(39-45-38(43)31-9-6-5-7-10-31)37(42)30-16-22-34(23-17-30)46-33-20-14-29(15-21-33)36(41)28-12-18-32(19-13-28)40-24-26-44-27-25-40/h5-7,9-10,12-23H,2-4,8,11,24-27H2,1H3. The third kappa shape index (κ3) is 9.02. The summed E-state index contributed by atoms with van der Waals surface area (Å²) in [7, 11) is 0. The minimum Gasteiger partial charge on any atom is -0.378 e. The van der Waals surface area contributed by atoms with Crippen molar-refractivity contribution in [3.05, 3.63) is 125 Å². The first-order valence-corrected chi connectivity index (χ1v) is 16.6. The summed E-state index contributed by atoms with van der Waals surface area (Å²) in [6.07, 6.45) is 4.32. The number of rotatable bonds is 14. The Kier molecular flexibility index (Phi) is 11.9. The van der Waals surface area contributed by atoms with Gasteiger partial charge in [0.2, 0.25) is 5.78 Å². The van der Waals surface area contributed by atoms with Crippen LogP contribution in [-0.4, -0.2) is 49.6 Å². The van der Waals surface area contributed by atoms with Gasteiger partial charge in [0.15, 0.2) is 5.78 Å². The number of benzene rings is 4. The Morgan fingerprint density at radius 2 is 1.30 bits per heavy atom. The molecule has 0 bridgehead atoms. The lowest BCUT2D eigenvalue weighted by molar-refractivity contribution is 0.0514. The van der Waals surface area contributed by atoms with Crippen molar-refractivity contribution in [1.29, 1.82) is 0 Å². The molecule has 5 rings (SSSR count). The fraction of sp³-hybridized carbons (Fsp3) is 0.263. The van der Waals surface area contributed by atoms with Gasteiger partial charge < -0.3 is 14.5 Å². The van der Waals surface area contributed by atoms with Crippen molar-refractivity contribution in [2.45, 2.75) is 48.8 Å². The van der Waals surface area contributed by atoms with Gasteiger partial charge in [-0.3, -0.25) is 9.59 Å². The maximum atomic E-state index is 13.4. The average molecular weight is 635 g/mol. The van der Waals surface area contributed by atoms with Crippen molar-refractivity contribution in [2.24, 2.45) is 5.16 Å². The summed E-state index contributed by atoms with van der Waals surface area (Å²) >= 11 is 1.54. The number of unbranched alkanes of at least 4 members (excludes halogenated alkanes) is 3. The third-order valence-corrected chi connectivity index (χ3v) is 8.77. The summed E-state index contributed by atoms with van der Waals surface area (Å²) in [6, 6.07) is 31.2. The van der Waals surface area contributed by atoms with Crippen molar-refractivity contribution < 1.29 is 24.0 Å². The van der Waals surface area contributed by atoms with Crippen molar-refractivity contribution in [3.63, 3.8) is 0 Å². The summed E-state index contributed by atoms with van der Waals surface area (Å²) in [5.74, 6) is -0.870. The van der Waals surface area contributed by atoms with Crippen LogP contribution in [0.2, 0.25) is 0 Å². The Bertz CT molecular complexity index is 1630. The molecule has 0 aliphatic carbocycles. The van der Waals surface area contributed by atoms with Crippen LogP contribution in [0.1, 0.15) is 75.7 Å². The maximum Gasteiger partial charge on any atom is 0.365 e. The molecule has 1 fully saturated rings. The number of hydrogen-bond donors (Lipinski definition) is 0. The summed E-state index contributed by atoms with van der Waals surface area (Å²) in [5.41, 5.74) is 3.47. The Labute approximate surface area is 274 Å². The fourth-order valence-corrected chi connectivity index (χ4v) is 5.92. The minimum atomic E-state index is -0.597. The van der Waals surface area contributed by atoms with Gasteiger partial charge in [-0.2, -0.15) is 0 Å². The molecule has 0 saturated carbocycles. The van der Waals surface area contributed by atoms with E-state index in [1.165, 1.54) is 0 Å². The van der Waals surface area contributed by atoms with Gasteiger partial charge >= 0.3 is 5.97 Å². The predicted octanol–water partition coefficient (Wildman–Crippen LogP) is 8.27. The summed E-state index contributed by atoms with van der Waals surface area (Å²) in [6.45, 7) is 5.27. The fourth-order valence-electron chi connectivity index (χ4n) is 5.11. The Morgan fingerprint density at radius 3 is 1.91 bits per heavy atom. The molecule has 0 radical (unpaired) electrons. The second kappa shape index (κ2) is 16.7. The highest BCUT2D eigenvalue weighted by Gasteiger charge is 2.17. The molecule has 7 nitrogen and oxygen atoms in total. The molecule has 8 heteroatoms. The van der Waals surface area contributed by atoms with Crippen LogP contribution in [0.25, 0.3) is 0 Å². The summed E-state index contributed by atoms with van der Waals surface area (Å²) in [5, 5.41) is 4.01. The van der Waals surface area contributed by atoms with Crippen molar-refractivity contribution >= 4 is 40.7 Å². The van der Waals surface area contributed by atoms with Crippen LogP contribution in [-0.2, 0) is 9.57 Å². The average Bonchev–Trinajstić information content (AvgIpc) is 3.12. The van der Waals surface area contributed by atoms with E-state index in [-0.39, 0.29) is 17.3 Å². The number of oxime groups is 1. The number of Topliss-reactive ketones (excluding diaryl/α,β-unsaturated/α-hetero) is 1. The molecule has 0 N–H and O–H groups in total. The van der Waals surface area contributed by atoms with Crippen LogP contribution >= 0.6 is 11.8 Å². The van der Waals surface area contributed by atoms with Gasteiger partial charge in [-0.1, -0.05) is 61.3 Å². The van der Waals surface area contributed by atoms with Gasteiger partial charge in [-0.15, -0.1) is 0 Å². The van der Waals surface area contributed by atoms with E-state index in [4.69, 9.17) is 9.57 Å². The van der Waals surface area contributed by atoms with Crippen LogP contribution in [0.3, 0.4) is 0 Å². The highest BCUT2D eigenvalue weighted by atomic mass is 32.2. The summed E-state index contributed by atoms with van der Waals surface area (Å²) < 4.78 is 5.43. The normalized spacial score (nSPS) is 13.3. The van der Waals surface area contributed by atoms with Crippen molar-refractivity contribution in [3.8, 4) is 0 Å². The van der Waals surface area contributed by atoms with Crippen LogP contribution < -0.4 is 4.90 Å². The zero-order valence-electron chi connectivity index (χ0n) is 26.0. The first-order chi connectivity index (χ1) is 22.5. The van der Waals surface area contributed by atoms with E-state index >= 15 is 0 Å². The van der Waals surface area contributed by atoms with Gasteiger partial charge in [-0.05, 0) is 97.8 Å². The number of ketones is 2. The number of morpholine rings is 1. The van der Waals surface area contributed by atoms with Crippen LogP contribution in [0.5, 0.6) is 0 Å². The molecule has 4 aromatic carbocycles. The van der Waals surface area contributed by atoms with E-state index in [9.17, 15) is 14.4 Å². The van der Waals surface area contributed by atoms with E-state index in [2.05, 4.69) is 17.0 Å². The molecule has 0 atom stereocenters. The molecule has 46 heavy (non-hydrogen) atoms. The molecule has 1 aliphatic rings. The molecule has 0 amide bonds. The first kappa shape index (κ1) is 32.9. The zero-order valence-corrected chi connectivity index (χ0v) is 26.8. The van der Waals surface area contributed by atoms with Gasteiger partial charge in [0.1, 0.15) is 5.71 Å². The lowest BCUT2D eigenvalue weighted by atomic mass is 10.0. The molecule has 1 saturated heterocycles. The van der Waals surface area contributed by atoms with E-state index in [0.29, 0.717) is 28.7 Å². The highest BCUT2D eigenvalue weighted by molar-refractivity contribution is 7.99. The second-order valence-electron chi connectivity index (χ2n) is 11.0. The summed E-state index contributed by atoms with van der Waals surface area (Å²) in [4.78, 5) is 48.3. The van der Waals surface area contributed by atoms with E-state index in [1.54, 1.807) is 48.2 Å². The predicted molar refractivity (Wildman–Crippen MR) is 182 cm³/mol. The lowest BCUT2D eigenvalue weighted by Crippen LogP contribution is -2.36. The third-order valence-electron chi connectivity index (χ3n) is 7.75. The largest absolute Gasteiger partial charge is 0.378 e. The Hall–Kier alpha value is -4.53. The zero-order chi connectivity index (χ0) is 32.1. The van der Waals surface area contributed by atoms with Crippen LogP contribution in [0.15, 0.2) is 118 Å². The minimum absolute atomic E-state index is 0.0189. The van der Waals surface area contributed by atoms with Crippen LogP contribution in [0, 0.1) is 0 Å². The monoisotopic (exact) mass is 634 g/mol. The number of carbonyl (C=O) groups is 3. The molecule has 0 spiro atoms. The maximum absolute atomic E-state index is 13.4. The number of carbonyl (C=O) groups excluding carboxylic acids is 3. The van der Waals surface area contributed by atoms with E-state index in [0.717, 1.165) is 67.5 Å². The first-order valence-electron chi connectivity index (χ1n) is 15.7. The molecule has 1 heterocycles. The Balaban J connectivity index is 1.20. The quantitative estimate of drug-likeness (QED) is 0.0454. The number of hydrogen-bond acceptors (Lipinski definition) is 8. The molecule has 0 aromatic heterocycles. The number of nitrogens with zero attached hydrogens (tertiary/aromatic N) is 2. The van der Waals surface area contributed by atoms with E-state index in [1.807, 2.05) is 66.7 Å². The Morgan fingerprint density at radius 1 is 0.717 bits per heavy atom.